The molecule has 1 rings (SSSR count). The monoisotopic (exact) mass is 379 g/mol. The fourth-order valence-corrected chi connectivity index (χ4v) is 2.08. The van der Waals surface area contributed by atoms with Crippen molar-refractivity contribution >= 4 is 23.9 Å². The van der Waals surface area contributed by atoms with Crippen molar-refractivity contribution in [1.29, 1.82) is 0 Å². The van der Waals surface area contributed by atoms with Gasteiger partial charge in [-0.15, -0.1) is 0 Å². The van der Waals surface area contributed by atoms with Crippen molar-refractivity contribution in [2.24, 2.45) is 5.92 Å². The summed E-state index contributed by atoms with van der Waals surface area (Å²) in [5.74, 6) is -2.60. The first-order chi connectivity index (χ1) is 12.8. The molecule has 0 saturated heterocycles. The normalized spacial score (nSPS) is 12.4. The van der Waals surface area contributed by atoms with Gasteiger partial charge in [0.1, 0.15) is 19.2 Å². The lowest BCUT2D eigenvalue weighted by Crippen LogP contribution is -2.49. The molecule has 3 amide bonds. The Morgan fingerprint density at radius 2 is 1.67 bits per heavy atom. The number of carboxylic acid groups (broad SMARTS) is 1. The highest BCUT2D eigenvalue weighted by molar-refractivity contribution is 5.89. The van der Waals surface area contributed by atoms with Gasteiger partial charge in [-0.25, -0.2) is 9.59 Å². The average molecular weight is 379 g/mol. The number of hydrogen-bond acceptors (Lipinski definition) is 5. The van der Waals surface area contributed by atoms with Crippen LogP contribution >= 0.6 is 0 Å². The van der Waals surface area contributed by atoms with Crippen molar-refractivity contribution in [3.05, 3.63) is 35.9 Å². The van der Waals surface area contributed by atoms with Crippen molar-refractivity contribution in [3.8, 4) is 0 Å². The molecule has 1 aromatic rings. The van der Waals surface area contributed by atoms with Crippen LogP contribution in [0.1, 0.15) is 25.8 Å². The third-order valence-electron chi connectivity index (χ3n) is 3.85. The van der Waals surface area contributed by atoms with Crippen LogP contribution in [0, 0.1) is 5.92 Å². The van der Waals surface area contributed by atoms with E-state index < -0.39 is 29.9 Å². The molecule has 0 radical (unpaired) electrons. The molecular weight excluding hydrogens is 354 g/mol. The molecule has 0 bridgehead atoms. The molecule has 4 N–H and O–H groups in total. The molecule has 0 spiro atoms. The van der Waals surface area contributed by atoms with Crippen LogP contribution in [0.4, 0.5) is 4.79 Å². The van der Waals surface area contributed by atoms with E-state index in [-0.39, 0.29) is 25.6 Å². The van der Waals surface area contributed by atoms with E-state index in [0.717, 1.165) is 5.56 Å². The Kier molecular flexibility index (Phi) is 9.35. The Morgan fingerprint density at radius 3 is 2.26 bits per heavy atom. The third-order valence-corrected chi connectivity index (χ3v) is 3.85. The number of rotatable bonds is 10. The summed E-state index contributed by atoms with van der Waals surface area (Å²) in [7, 11) is 0. The lowest BCUT2D eigenvalue weighted by Gasteiger charge is -2.20. The molecule has 0 unspecified atom stereocenters. The first-order valence-corrected chi connectivity index (χ1v) is 8.56. The summed E-state index contributed by atoms with van der Waals surface area (Å²) in [6.45, 7) is 2.84. The van der Waals surface area contributed by atoms with Crippen LogP contribution < -0.4 is 16.0 Å². The SMILES string of the molecule is CC[C@@H](C)[C@@H](NC(=O)CNC(=O)CNC(=O)OCc1ccccc1)C(=O)O. The quantitative estimate of drug-likeness (QED) is 0.471. The molecule has 0 saturated carbocycles. The van der Waals surface area contributed by atoms with Crippen LogP contribution in [-0.2, 0) is 25.7 Å². The zero-order chi connectivity index (χ0) is 20.2. The summed E-state index contributed by atoms with van der Waals surface area (Å²) >= 11 is 0. The van der Waals surface area contributed by atoms with Gasteiger partial charge in [0.15, 0.2) is 0 Å². The summed E-state index contributed by atoms with van der Waals surface area (Å²) in [6.07, 6.45) is -0.181. The van der Waals surface area contributed by atoms with E-state index in [2.05, 4.69) is 16.0 Å². The molecule has 9 heteroatoms. The van der Waals surface area contributed by atoms with Gasteiger partial charge in [-0.05, 0) is 11.5 Å². The molecule has 0 aliphatic heterocycles. The molecule has 0 aromatic heterocycles. The molecule has 9 nitrogen and oxygen atoms in total. The number of amides is 3. The van der Waals surface area contributed by atoms with Crippen molar-refractivity contribution in [2.75, 3.05) is 13.1 Å². The molecule has 27 heavy (non-hydrogen) atoms. The Bertz CT molecular complexity index is 650. The van der Waals surface area contributed by atoms with Crippen molar-refractivity contribution in [3.63, 3.8) is 0 Å². The maximum absolute atomic E-state index is 11.8. The van der Waals surface area contributed by atoms with Crippen LogP contribution in [-0.4, -0.2) is 48.1 Å². The fraction of sp³-hybridized carbons (Fsp3) is 0.444. The summed E-state index contributed by atoms with van der Waals surface area (Å²) in [5.41, 5.74) is 0.808. The van der Waals surface area contributed by atoms with E-state index in [1.54, 1.807) is 19.1 Å². The topological polar surface area (TPSA) is 134 Å². The second kappa shape index (κ2) is 11.5. The minimum Gasteiger partial charge on any atom is -0.480 e. The maximum Gasteiger partial charge on any atom is 0.407 e. The summed E-state index contributed by atoms with van der Waals surface area (Å²) in [6, 6.07) is 8.03. The number of hydrogen-bond donors (Lipinski definition) is 4. The number of alkyl carbamates (subject to hydrolysis) is 1. The van der Waals surface area contributed by atoms with E-state index in [1.807, 2.05) is 25.1 Å². The van der Waals surface area contributed by atoms with E-state index in [9.17, 15) is 19.2 Å². The number of carbonyl (C=O) groups excluding carboxylic acids is 3. The Morgan fingerprint density at radius 1 is 1.04 bits per heavy atom. The highest BCUT2D eigenvalue weighted by atomic mass is 16.5. The van der Waals surface area contributed by atoms with Gasteiger partial charge < -0.3 is 25.8 Å². The number of aliphatic carboxylic acids is 1. The van der Waals surface area contributed by atoms with Crippen molar-refractivity contribution < 1.29 is 29.0 Å². The van der Waals surface area contributed by atoms with E-state index in [4.69, 9.17) is 9.84 Å². The molecule has 0 fully saturated rings. The van der Waals surface area contributed by atoms with Gasteiger partial charge in [-0.2, -0.15) is 0 Å². The Balaban J connectivity index is 2.26. The zero-order valence-electron chi connectivity index (χ0n) is 15.4. The van der Waals surface area contributed by atoms with Gasteiger partial charge in [-0.1, -0.05) is 50.6 Å². The van der Waals surface area contributed by atoms with Crippen molar-refractivity contribution in [2.45, 2.75) is 32.9 Å². The number of ether oxygens (including phenoxy) is 1. The van der Waals surface area contributed by atoms with Crippen LogP contribution in [0.15, 0.2) is 30.3 Å². The second-order valence-electron chi connectivity index (χ2n) is 5.96. The smallest absolute Gasteiger partial charge is 0.407 e. The Hall–Kier alpha value is -3.10. The fourth-order valence-electron chi connectivity index (χ4n) is 2.08. The number of carboxylic acids is 1. The van der Waals surface area contributed by atoms with Crippen LogP contribution in [0.5, 0.6) is 0 Å². The standard InChI is InChI=1S/C18H25N3O6/c1-3-12(2)16(17(24)25)21-15(23)10-19-14(22)9-20-18(26)27-11-13-7-5-4-6-8-13/h4-8,12,16H,3,9-11H2,1-2H3,(H,19,22)(H,20,26)(H,21,23)(H,24,25)/t12-,16-/m1/s1. The Labute approximate surface area is 157 Å². The average Bonchev–Trinajstić information content (AvgIpc) is 2.67. The number of benzene rings is 1. The first kappa shape index (κ1) is 21.9. The van der Waals surface area contributed by atoms with Gasteiger partial charge in [0, 0.05) is 0 Å². The molecule has 2 atom stereocenters. The van der Waals surface area contributed by atoms with Crippen LogP contribution in [0.3, 0.4) is 0 Å². The summed E-state index contributed by atoms with van der Waals surface area (Å²) < 4.78 is 4.95. The molecule has 1 aromatic carbocycles. The summed E-state index contributed by atoms with van der Waals surface area (Å²) in [5, 5.41) is 16.0. The highest BCUT2D eigenvalue weighted by Crippen LogP contribution is 2.07. The second-order valence-corrected chi connectivity index (χ2v) is 5.96. The van der Waals surface area contributed by atoms with E-state index in [0.29, 0.717) is 6.42 Å². The van der Waals surface area contributed by atoms with E-state index >= 15 is 0 Å². The number of carbonyl (C=O) groups is 4. The number of nitrogens with one attached hydrogen (secondary N) is 3. The molecule has 148 valence electrons. The maximum atomic E-state index is 11.8. The van der Waals surface area contributed by atoms with Crippen LogP contribution in [0.25, 0.3) is 0 Å². The predicted molar refractivity (Wildman–Crippen MR) is 96.7 cm³/mol. The lowest BCUT2D eigenvalue weighted by molar-refractivity contribution is -0.143. The molecule has 0 heterocycles. The van der Waals surface area contributed by atoms with Crippen LogP contribution in [0.2, 0.25) is 0 Å². The zero-order valence-corrected chi connectivity index (χ0v) is 15.4. The third kappa shape index (κ3) is 8.70. The molecule has 0 aliphatic carbocycles. The minimum absolute atomic E-state index is 0.0723. The highest BCUT2D eigenvalue weighted by Gasteiger charge is 2.25. The van der Waals surface area contributed by atoms with Gasteiger partial charge in [0.05, 0.1) is 6.54 Å². The summed E-state index contributed by atoms with van der Waals surface area (Å²) in [4.78, 5) is 46.1. The van der Waals surface area contributed by atoms with Gasteiger partial charge in [0.2, 0.25) is 11.8 Å². The van der Waals surface area contributed by atoms with Crippen molar-refractivity contribution in [1.82, 2.24) is 16.0 Å². The minimum atomic E-state index is -1.13. The van der Waals surface area contributed by atoms with Gasteiger partial charge in [-0.3, -0.25) is 9.59 Å². The lowest BCUT2D eigenvalue weighted by atomic mass is 9.99. The largest absolute Gasteiger partial charge is 0.480 e. The van der Waals surface area contributed by atoms with E-state index in [1.165, 1.54) is 0 Å². The van der Waals surface area contributed by atoms with Gasteiger partial charge in [0.25, 0.3) is 0 Å². The first-order valence-electron chi connectivity index (χ1n) is 8.56. The molecule has 0 aliphatic rings. The predicted octanol–water partition coefficient (Wildman–Crippen LogP) is 0.645. The molecular formula is C18H25N3O6. The van der Waals surface area contributed by atoms with Gasteiger partial charge >= 0.3 is 12.1 Å².